The smallest absolute Gasteiger partial charge is 0.303 e. The normalized spacial score (nSPS) is 36.8. The van der Waals surface area contributed by atoms with Crippen LogP contribution in [0.4, 0.5) is 0 Å². The predicted octanol–water partition coefficient (Wildman–Crippen LogP) is 3.48. The summed E-state index contributed by atoms with van der Waals surface area (Å²) in [6.07, 6.45) is -4.24. The van der Waals surface area contributed by atoms with Gasteiger partial charge in [-0.05, 0) is 18.4 Å². The SMILES string of the molecule is CO[C@H]1OC(COCc2ccccc2)[C@@H](O[C@H]2O[C@@H](C)[C@@H](C)C(OC(C)=O)C2OC(C)=O)[C@H](C)C1C. The molecule has 1 aromatic carbocycles. The Morgan fingerprint density at radius 3 is 2.06 bits per heavy atom. The zero-order chi connectivity index (χ0) is 26.4. The lowest BCUT2D eigenvalue weighted by atomic mass is 9.84. The Bertz CT molecular complexity index is 847. The molecule has 0 radical (unpaired) electrons. The Labute approximate surface area is 213 Å². The van der Waals surface area contributed by atoms with Crippen LogP contribution in [0.25, 0.3) is 0 Å². The summed E-state index contributed by atoms with van der Waals surface area (Å²) in [5.74, 6) is -1.17. The number of methoxy groups -OCH3 is 1. The molecule has 1 aromatic rings. The highest BCUT2D eigenvalue weighted by molar-refractivity contribution is 5.67. The maximum Gasteiger partial charge on any atom is 0.303 e. The van der Waals surface area contributed by atoms with Gasteiger partial charge in [-0.2, -0.15) is 0 Å². The first-order valence-electron chi connectivity index (χ1n) is 12.6. The van der Waals surface area contributed by atoms with Crippen molar-refractivity contribution in [3.63, 3.8) is 0 Å². The fourth-order valence-corrected chi connectivity index (χ4v) is 4.82. The summed E-state index contributed by atoms with van der Waals surface area (Å²) in [6, 6.07) is 9.87. The zero-order valence-corrected chi connectivity index (χ0v) is 22.2. The van der Waals surface area contributed by atoms with Crippen LogP contribution in [-0.2, 0) is 49.4 Å². The van der Waals surface area contributed by atoms with Gasteiger partial charge in [0.15, 0.2) is 18.7 Å². The molecular weight excluding hydrogens is 468 g/mol. The molecule has 2 heterocycles. The highest BCUT2D eigenvalue weighted by Crippen LogP contribution is 2.37. The lowest BCUT2D eigenvalue weighted by Crippen LogP contribution is -2.60. The Morgan fingerprint density at radius 2 is 1.44 bits per heavy atom. The molecule has 0 saturated carbocycles. The van der Waals surface area contributed by atoms with E-state index in [0.29, 0.717) is 6.61 Å². The summed E-state index contributed by atoms with van der Waals surface area (Å²) in [5, 5.41) is 0. The fourth-order valence-electron chi connectivity index (χ4n) is 4.82. The van der Waals surface area contributed by atoms with Crippen molar-refractivity contribution in [2.24, 2.45) is 17.8 Å². The molecule has 10 atom stereocenters. The summed E-state index contributed by atoms with van der Waals surface area (Å²) in [6.45, 7) is 11.2. The van der Waals surface area contributed by atoms with Crippen LogP contribution in [0.1, 0.15) is 47.1 Å². The number of hydrogen-bond donors (Lipinski definition) is 0. The molecule has 2 fully saturated rings. The standard InChI is InChI=1S/C27H40O9/c1-15-16(2)26(30-7)35-22(14-31-13-21-11-9-8-10-12-21)23(15)36-27-25(34-20(6)29)24(33-19(5)28)17(3)18(4)32-27/h8-12,15-18,22-27H,13-14H2,1-7H3/t15-,16?,17-,18+,22?,23+,24?,25?,26+,27-/m1/s1. The molecule has 2 saturated heterocycles. The Kier molecular flexibility index (Phi) is 10.3. The number of rotatable bonds is 9. The molecular formula is C27H40O9. The van der Waals surface area contributed by atoms with E-state index in [-0.39, 0.29) is 30.5 Å². The number of esters is 2. The third-order valence-corrected chi connectivity index (χ3v) is 7.17. The molecule has 9 heteroatoms. The first-order valence-corrected chi connectivity index (χ1v) is 12.6. The summed E-state index contributed by atoms with van der Waals surface area (Å²) in [5.41, 5.74) is 1.05. The Morgan fingerprint density at radius 1 is 0.806 bits per heavy atom. The molecule has 0 aliphatic carbocycles. The molecule has 0 N–H and O–H groups in total. The first kappa shape index (κ1) is 28.5. The second-order valence-electron chi connectivity index (χ2n) is 9.82. The van der Waals surface area contributed by atoms with E-state index in [1.54, 1.807) is 7.11 Å². The van der Waals surface area contributed by atoms with E-state index in [9.17, 15) is 9.59 Å². The average molecular weight is 509 g/mol. The minimum Gasteiger partial charge on any atom is -0.458 e. The molecule has 2 aliphatic rings. The van der Waals surface area contributed by atoms with Gasteiger partial charge in [-0.25, -0.2) is 0 Å². The number of benzene rings is 1. The molecule has 202 valence electrons. The van der Waals surface area contributed by atoms with E-state index < -0.39 is 48.9 Å². The lowest BCUT2D eigenvalue weighted by molar-refractivity contribution is -0.338. The third kappa shape index (κ3) is 7.04. The van der Waals surface area contributed by atoms with Crippen molar-refractivity contribution in [2.75, 3.05) is 13.7 Å². The van der Waals surface area contributed by atoms with Gasteiger partial charge in [0.2, 0.25) is 0 Å². The van der Waals surface area contributed by atoms with Gasteiger partial charge in [-0.1, -0.05) is 51.1 Å². The predicted molar refractivity (Wildman–Crippen MR) is 130 cm³/mol. The number of hydrogen-bond acceptors (Lipinski definition) is 9. The third-order valence-electron chi connectivity index (χ3n) is 7.17. The van der Waals surface area contributed by atoms with Crippen LogP contribution in [0.3, 0.4) is 0 Å². The van der Waals surface area contributed by atoms with Crippen molar-refractivity contribution in [2.45, 2.75) is 91.2 Å². The van der Waals surface area contributed by atoms with E-state index in [4.69, 9.17) is 33.2 Å². The van der Waals surface area contributed by atoms with Crippen molar-refractivity contribution < 1.29 is 42.7 Å². The van der Waals surface area contributed by atoms with Gasteiger partial charge in [0.1, 0.15) is 12.2 Å². The van der Waals surface area contributed by atoms with E-state index >= 15 is 0 Å². The largest absolute Gasteiger partial charge is 0.458 e. The van der Waals surface area contributed by atoms with Crippen molar-refractivity contribution in [1.82, 2.24) is 0 Å². The molecule has 9 nitrogen and oxygen atoms in total. The Balaban J connectivity index is 1.81. The van der Waals surface area contributed by atoms with Crippen LogP contribution in [0, 0.1) is 17.8 Å². The summed E-state index contributed by atoms with van der Waals surface area (Å²) >= 11 is 0. The molecule has 36 heavy (non-hydrogen) atoms. The van der Waals surface area contributed by atoms with Gasteiger partial charge in [-0.15, -0.1) is 0 Å². The molecule has 0 spiro atoms. The zero-order valence-electron chi connectivity index (χ0n) is 22.2. The van der Waals surface area contributed by atoms with Crippen LogP contribution in [0.5, 0.6) is 0 Å². The van der Waals surface area contributed by atoms with Crippen molar-refractivity contribution >= 4 is 11.9 Å². The number of ether oxygens (including phenoxy) is 7. The highest BCUT2D eigenvalue weighted by atomic mass is 16.7. The first-order chi connectivity index (χ1) is 17.1. The van der Waals surface area contributed by atoms with Crippen LogP contribution in [0.15, 0.2) is 30.3 Å². The molecule has 4 unspecified atom stereocenters. The van der Waals surface area contributed by atoms with Crippen LogP contribution in [-0.4, -0.2) is 68.8 Å². The van der Waals surface area contributed by atoms with E-state index in [1.807, 2.05) is 51.1 Å². The average Bonchev–Trinajstić information content (AvgIpc) is 2.83. The van der Waals surface area contributed by atoms with Crippen LogP contribution < -0.4 is 0 Å². The van der Waals surface area contributed by atoms with Crippen molar-refractivity contribution in [1.29, 1.82) is 0 Å². The quantitative estimate of drug-likeness (QED) is 0.464. The van der Waals surface area contributed by atoms with E-state index in [1.165, 1.54) is 13.8 Å². The Hall–Kier alpha value is -2.04. The van der Waals surface area contributed by atoms with Crippen LogP contribution in [0.2, 0.25) is 0 Å². The maximum absolute atomic E-state index is 12.0. The molecule has 2 aliphatic heterocycles. The number of carbonyl (C=O) groups is 2. The monoisotopic (exact) mass is 508 g/mol. The van der Waals surface area contributed by atoms with E-state index in [0.717, 1.165) is 5.56 Å². The fraction of sp³-hybridized carbons (Fsp3) is 0.704. The van der Waals surface area contributed by atoms with Gasteiger partial charge < -0.3 is 33.2 Å². The van der Waals surface area contributed by atoms with Gasteiger partial charge in [0.25, 0.3) is 0 Å². The lowest BCUT2D eigenvalue weighted by Gasteiger charge is -2.48. The minimum atomic E-state index is -0.955. The van der Waals surface area contributed by atoms with Crippen LogP contribution >= 0.6 is 0 Å². The molecule has 0 aromatic heterocycles. The molecule has 3 rings (SSSR count). The molecule has 0 amide bonds. The highest BCUT2D eigenvalue weighted by Gasteiger charge is 2.51. The van der Waals surface area contributed by atoms with Gasteiger partial charge in [0.05, 0.1) is 25.4 Å². The minimum absolute atomic E-state index is 0.00238. The van der Waals surface area contributed by atoms with Crippen molar-refractivity contribution in [3.05, 3.63) is 35.9 Å². The summed E-state index contributed by atoms with van der Waals surface area (Å²) in [4.78, 5) is 23.8. The topological polar surface area (TPSA) is 98.8 Å². The van der Waals surface area contributed by atoms with E-state index in [2.05, 4.69) is 6.92 Å². The number of carbonyl (C=O) groups excluding carboxylic acids is 2. The van der Waals surface area contributed by atoms with Gasteiger partial charge in [0, 0.05) is 32.8 Å². The summed E-state index contributed by atoms with van der Waals surface area (Å²) < 4.78 is 41.7. The van der Waals surface area contributed by atoms with Gasteiger partial charge >= 0.3 is 11.9 Å². The second kappa shape index (κ2) is 13.0. The summed E-state index contributed by atoms with van der Waals surface area (Å²) in [7, 11) is 1.62. The van der Waals surface area contributed by atoms with Crippen molar-refractivity contribution in [3.8, 4) is 0 Å². The second-order valence-corrected chi connectivity index (χ2v) is 9.82. The molecule has 0 bridgehead atoms. The van der Waals surface area contributed by atoms with Gasteiger partial charge in [-0.3, -0.25) is 9.59 Å². The maximum atomic E-state index is 12.0.